The molecule has 0 spiro atoms. The molecule has 0 aliphatic heterocycles. The van der Waals surface area contributed by atoms with Gasteiger partial charge in [0.2, 0.25) is 0 Å². The Bertz CT molecular complexity index is 233. The van der Waals surface area contributed by atoms with Crippen molar-refractivity contribution in [3.05, 3.63) is 11.6 Å². The van der Waals surface area contributed by atoms with Crippen molar-refractivity contribution in [2.45, 2.75) is 51.0 Å². The van der Waals surface area contributed by atoms with Gasteiger partial charge in [-0.3, -0.25) is 0 Å². The Labute approximate surface area is 99.4 Å². The first-order valence-corrected chi connectivity index (χ1v) is 6.80. The molecule has 1 fully saturated rings. The van der Waals surface area contributed by atoms with E-state index in [0.717, 1.165) is 19.1 Å². The quantitative estimate of drug-likeness (QED) is 0.670. The van der Waals surface area contributed by atoms with E-state index >= 15 is 0 Å². The van der Waals surface area contributed by atoms with Crippen LogP contribution in [0.5, 0.6) is 0 Å². The molecule has 2 heteroatoms. The SMILES string of the molecule is COCC(NCCC1=CCCCC1)C1CC1. The third-order valence-corrected chi connectivity index (χ3v) is 3.77. The van der Waals surface area contributed by atoms with Crippen molar-refractivity contribution < 1.29 is 4.74 Å². The van der Waals surface area contributed by atoms with E-state index in [0.29, 0.717) is 6.04 Å². The lowest BCUT2D eigenvalue weighted by molar-refractivity contribution is 0.158. The molecular weight excluding hydrogens is 198 g/mol. The highest BCUT2D eigenvalue weighted by Gasteiger charge is 2.30. The summed E-state index contributed by atoms with van der Waals surface area (Å²) in [5, 5.41) is 3.66. The van der Waals surface area contributed by atoms with Gasteiger partial charge >= 0.3 is 0 Å². The molecule has 0 aromatic heterocycles. The summed E-state index contributed by atoms with van der Waals surface area (Å²) in [4.78, 5) is 0. The second-order valence-corrected chi connectivity index (χ2v) is 5.21. The molecule has 1 unspecified atom stereocenters. The van der Waals surface area contributed by atoms with Gasteiger partial charge in [-0.15, -0.1) is 0 Å². The number of ether oxygens (including phenoxy) is 1. The molecular formula is C14H25NO. The fraction of sp³-hybridized carbons (Fsp3) is 0.857. The van der Waals surface area contributed by atoms with E-state index in [1.807, 2.05) is 0 Å². The minimum absolute atomic E-state index is 0.606. The normalized spacial score (nSPS) is 22.9. The maximum atomic E-state index is 5.27. The van der Waals surface area contributed by atoms with Gasteiger partial charge in [0.15, 0.2) is 0 Å². The van der Waals surface area contributed by atoms with Crippen LogP contribution in [0.4, 0.5) is 0 Å². The topological polar surface area (TPSA) is 21.3 Å². The zero-order valence-corrected chi connectivity index (χ0v) is 10.5. The van der Waals surface area contributed by atoms with Gasteiger partial charge in [0.1, 0.15) is 0 Å². The number of nitrogens with one attached hydrogen (secondary N) is 1. The van der Waals surface area contributed by atoms with Crippen molar-refractivity contribution >= 4 is 0 Å². The smallest absolute Gasteiger partial charge is 0.0618 e. The first-order chi connectivity index (χ1) is 7.90. The summed E-state index contributed by atoms with van der Waals surface area (Å²) >= 11 is 0. The highest BCUT2D eigenvalue weighted by molar-refractivity contribution is 5.05. The molecule has 0 bridgehead atoms. The van der Waals surface area contributed by atoms with E-state index in [1.54, 1.807) is 12.7 Å². The fourth-order valence-corrected chi connectivity index (χ4v) is 2.59. The molecule has 16 heavy (non-hydrogen) atoms. The van der Waals surface area contributed by atoms with E-state index in [-0.39, 0.29) is 0 Å². The van der Waals surface area contributed by atoms with Gasteiger partial charge in [0, 0.05) is 13.2 Å². The zero-order chi connectivity index (χ0) is 11.2. The molecule has 0 aromatic carbocycles. The largest absolute Gasteiger partial charge is 0.383 e. The average molecular weight is 223 g/mol. The highest BCUT2D eigenvalue weighted by Crippen LogP contribution is 2.32. The second kappa shape index (κ2) is 6.41. The molecule has 0 heterocycles. The van der Waals surface area contributed by atoms with Gasteiger partial charge in [-0.05, 0) is 57.4 Å². The maximum Gasteiger partial charge on any atom is 0.0618 e. The van der Waals surface area contributed by atoms with Gasteiger partial charge in [0.25, 0.3) is 0 Å². The first-order valence-electron chi connectivity index (χ1n) is 6.80. The Morgan fingerprint density at radius 2 is 2.31 bits per heavy atom. The number of methoxy groups -OCH3 is 1. The predicted octanol–water partition coefficient (Wildman–Crippen LogP) is 2.89. The maximum absolute atomic E-state index is 5.27. The number of hydrogen-bond donors (Lipinski definition) is 1. The molecule has 92 valence electrons. The number of hydrogen-bond acceptors (Lipinski definition) is 2. The Balaban J connectivity index is 1.63. The van der Waals surface area contributed by atoms with Crippen LogP contribution in [0.2, 0.25) is 0 Å². The van der Waals surface area contributed by atoms with Crippen LogP contribution < -0.4 is 5.32 Å². The van der Waals surface area contributed by atoms with Crippen LogP contribution in [0.25, 0.3) is 0 Å². The lowest BCUT2D eigenvalue weighted by atomic mass is 9.97. The molecule has 0 saturated heterocycles. The number of allylic oxidation sites excluding steroid dienone is 1. The van der Waals surface area contributed by atoms with Crippen molar-refractivity contribution in [1.29, 1.82) is 0 Å². The minimum atomic E-state index is 0.606. The summed E-state index contributed by atoms with van der Waals surface area (Å²) in [7, 11) is 1.81. The van der Waals surface area contributed by atoms with Gasteiger partial charge in [-0.1, -0.05) is 11.6 Å². The second-order valence-electron chi connectivity index (χ2n) is 5.21. The fourth-order valence-electron chi connectivity index (χ4n) is 2.59. The molecule has 1 atom stereocenters. The number of rotatable bonds is 7. The Morgan fingerprint density at radius 1 is 1.44 bits per heavy atom. The Morgan fingerprint density at radius 3 is 2.94 bits per heavy atom. The summed E-state index contributed by atoms with van der Waals surface area (Å²) < 4.78 is 5.27. The molecule has 2 nitrogen and oxygen atoms in total. The highest BCUT2D eigenvalue weighted by atomic mass is 16.5. The summed E-state index contributed by atoms with van der Waals surface area (Å²) in [6.45, 7) is 2.01. The molecule has 1 N–H and O–H groups in total. The monoisotopic (exact) mass is 223 g/mol. The Kier molecular flexibility index (Phi) is 4.86. The average Bonchev–Trinajstić information content (AvgIpc) is 3.13. The molecule has 0 amide bonds. The van der Waals surface area contributed by atoms with Gasteiger partial charge < -0.3 is 10.1 Å². The van der Waals surface area contributed by atoms with E-state index in [2.05, 4.69) is 11.4 Å². The zero-order valence-electron chi connectivity index (χ0n) is 10.5. The third kappa shape index (κ3) is 3.91. The van der Waals surface area contributed by atoms with E-state index < -0.39 is 0 Å². The van der Waals surface area contributed by atoms with E-state index in [1.165, 1.54) is 44.9 Å². The van der Waals surface area contributed by atoms with Crippen LogP contribution in [0.3, 0.4) is 0 Å². The molecule has 2 rings (SSSR count). The van der Waals surface area contributed by atoms with Crippen LogP contribution in [-0.4, -0.2) is 26.3 Å². The standard InChI is InChI=1S/C14H25NO/c1-16-11-14(13-7-8-13)15-10-9-12-5-3-2-4-6-12/h5,13-15H,2-4,6-11H2,1H3. The summed E-state index contributed by atoms with van der Waals surface area (Å²) in [6, 6.07) is 0.606. The van der Waals surface area contributed by atoms with Gasteiger partial charge in [0.05, 0.1) is 6.61 Å². The van der Waals surface area contributed by atoms with Crippen molar-refractivity contribution in [2.24, 2.45) is 5.92 Å². The van der Waals surface area contributed by atoms with Crippen molar-refractivity contribution in [3.8, 4) is 0 Å². The first kappa shape index (κ1) is 12.1. The molecule has 0 aromatic rings. The summed E-state index contributed by atoms with van der Waals surface area (Å²) in [5.41, 5.74) is 1.67. The van der Waals surface area contributed by atoms with Crippen LogP contribution in [0.1, 0.15) is 44.9 Å². The van der Waals surface area contributed by atoms with Gasteiger partial charge in [-0.25, -0.2) is 0 Å². The molecule has 0 radical (unpaired) electrons. The van der Waals surface area contributed by atoms with E-state index in [4.69, 9.17) is 4.74 Å². The third-order valence-electron chi connectivity index (χ3n) is 3.77. The van der Waals surface area contributed by atoms with Crippen LogP contribution in [0, 0.1) is 5.92 Å². The lowest BCUT2D eigenvalue weighted by Crippen LogP contribution is -2.35. The molecule has 2 aliphatic carbocycles. The Hall–Kier alpha value is -0.340. The van der Waals surface area contributed by atoms with Crippen LogP contribution >= 0.6 is 0 Å². The predicted molar refractivity (Wildman–Crippen MR) is 67.6 cm³/mol. The lowest BCUT2D eigenvalue weighted by Gasteiger charge is -2.19. The minimum Gasteiger partial charge on any atom is -0.383 e. The van der Waals surface area contributed by atoms with Crippen molar-refractivity contribution in [1.82, 2.24) is 5.32 Å². The van der Waals surface area contributed by atoms with Crippen molar-refractivity contribution in [2.75, 3.05) is 20.3 Å². The molecule has 1 saturated carbocycles. The van der Waals surface area contributed by atoms with Crippen LogP contribution in [-0.2, 0) is 4.74 Å². The van der Waals surface area contributed by atoms with Crippen molar-refractivity contribution in [3.63, 3.8) is 0 Å². The molecule has 2 aliphatic rings. The van der Waals surface area contributed by atoms with E-state index in [9.17, 15) is 0 Å². The summed E-state index contributed by atoms with van der Waals surface area (Å²) in [6.07, 6.45) is 11.9. The van der Waals surface area contributed by atoms with Gasteiger partial charge in [-0.2, -0.15) is 0 Å². The van der Waals surface area contributed by atoms with Crippen LogP contribution in [0.15, 0.2) is 11.6 Å². The summed E-state index contributed by atoms with van der Waals surface area (Å²) in [5.74, 6) is 0.889.